The largest absolute Gasteiger partial charge is 0.494 e. The molecule has 0 radical (unpaired) electrons. The zero-order chi connectivity index (χ0) is 15.0. The summed E-state index contributed by atoms with van der Waals surface area (Å²) in [4.78, 5) is 0. The predicted molar refractivity (Wildman–Crippen MR) is 90.5 cm³/mol. The van der Waals surface area contributed by atoms with Crippen LogP contribution in [-0.4, -0.2) is 32.4 Å². The molecule has 0 aliphatic carbocycles. The number of fused-ring (bicyclic) bond motifs is 1. The highest BCUT2D eigenvalue weighted by atomic mass is 16.5. The van der Waals surface area contributed by atoms with Crippen LogP contribution in [0.4, 0.5) is 0 Å². The first-order valence-electron chi connectivity index (χ1n) is 8.36. The van der Waals surface area contributed by atoms with Crippen molar-refractivity contribution < 1.29 is 9.47 Å². The van der Waals surface area contributed by atoms with Crippen molar-refractivity contribution in [2.24, 2.45) is 0 Å². The summed E-state index contributed by atoms with van der Waals surface area (Å²) >= 11 is 0. The van der Waals surface area contributed by atoms with Gasteiger partial charge in [-0.3, -0.25) is 0 Å². The van der Waals surface area contributed by atoms with Gasteiger partial charge in [-0.05, 0) is 55.1 Å². The summed E-state index contributed by atoms with van der Waals surface area (Å²) in [5, 5.41) is 5.96. The average molecular weight is 299 g/mol. The van der Waals surface area contributed by atoms with Crippen molar-refractivity contribution >= 4 is 10.8 Å². The third kappa shape index (κ3) is 4.46. The van der Waals surface area contributed by atoms with E-state index in [9.17, 15) is 0 Å². The van der Waals surface area contributed by atoms with E-state index in [2.05, 4.69) is 47.8 Å². The van der Waals surface area contributed by atoms with Crippen molar-refractivity contribution in [1.82, 2.24) is 5.32 Å². The molecule has 1 aliphatic heterocycles. The van der Waals surface area contributed by atoms with Crippen LogP contribution in [0.2, 0.25) is 0 Å². The molecule has 22 heavy (non-hydrogen) atoms. The molecule has 2 aromatic carbocycles. The maximum absolute atomic E-state index is 5.84. The van der Waals surface area contributed by atoms with Crippen LogP contribution in [0.3, 0.4) is 0 Å². The van der Waals surface area contributed by atoms with Gasteiger partial charge in [-0.1, -0.05) is 30.3 Å². The standard InChI is InChI=1S/C19H25NO2/c1-2-7-17-14-18(10-9-16(17)6-1)21-12-4-3-11-20-15-19-8-5-13-22-19/h1-2,6-7,9-10,14,19-20H,3-5,8,11-13,15H2. The number of hydrogen-bond donors (Lipinski definition) is 1. The average Bonchev–Trinajstić information content (AvgIpc) is 3.07. The monoisotopic (exact) mass is 299 g/mol. The lowest BCUT2D eigenvalue weighted by atomic mass is 10.1. The fourth-order valence-corrected chi connectivity index (χ4v) is 2.87. The summed E-state index contributed by atoms with van der Waals surface area (Å²) in [7, 11) is 0. The summed E-state index contributed by atoms with van der Waals surface area (Å²) in [6.45, 7) is 3.75. The Labute approximate surface area is 132 Å². The quantitative estimate of drug-likeness (QED) is 0.753. The van der Waals surface area contributed by atoms with Crippen molar-refractivity contribution in [2.45, 2.75) is 31.8 Å². The SMILES string of the molecule is c1ccc2cc(OCCCCNCC3CCCO3)ccc2c1. The smallest absolute Gasteiger partial charge is 0.119 e. The van der Waals surface area contributed by atoms with Crippen LogP contribution in [0.25, 0.3) is 10.8 Å². The Bertz CT molecular complexity index is 578. The zero-order valence-corrected chi connectivity index (χ0v) is 13.1. The topological polar surface area (TPSA) is 30.5 Å². The minimum atomic E-state index is 0.439. The van der Waals surface area contributed by atoms with Crippen LogP contribution in [0.15, 0.2) is 42.5 Å². The minimum absolute atomic E-state index is 0.439. The van der Waals surface area contributed by atoms with Gasteiger partial charge in [0.25, 0.3) is 0 Å². The third-order valence-electron chi connectivity index (χ3n) is 4.13. The molecule has 0 bridgehead atoms. The van der Waals surface area contributed by atoms with Crippen molar-refractivity contribution in [3.8, 4) is 5.75 Å². The highest BCUT2D eigenvalue weighted by molar-refractivity contribution is 5.83. The second-order valence-electron chi connectivity index (χ2n) is 5.90. The van der Waals surface area contributed by atoms with Crippen LogP contribution >= 0.6 is 0 Å². The molecular weight excluding hydrogens is 274 g/mol. The molecule has 1 saturated heterocycles. The van der Waals surface area contributed by atoms with Gasteiger partial charge in [-0.25, -0.2) is 0 Å². The molecule has 1 atom stereocenters. The normalized spacial score (nSPS) is 17.9. The molecule has 1 aliphatic rings. The Morgan fingerprint density at radius 1 is 1.09 bits per heavy atom. The molecule has 3 nitrogen and oxygen atoms in total. The highest BCUT2D eigenvalue weighted by Crippen LogP contribution is 2.20. The van der Waals surface area contributed by atoms with Crippen LogP contribution < -0.4 is 10.1 Å². The summed E-state index contributed by atoms with van der Waals surface area (Å²) in [5.74, 6) is 0.964. The van der Waals surface area contributed by atoms with Crippen molar-refractivity contribution in [2.75, 3.05) is 26.3 Å². The lowest BCUT2D eigenvalue weighted by Gasteiger charge is -2.11. The molecule has 1 fully saturated rings. The summed E-state index contributed by atoms with van der Waals surface area (Å²) in [6.07, 6.45) is 5.07. The Kier molecular flexibility index (Phi) is 5.68. The molecule has 3 rings (SSSR count). The number of hydrogen-bond acceptors (Lipinski definition) is 3. The van der Waals surface area contributed by atoms with E-state index >= 15 is 0 Å². The first kappa shape index (κ1) is 15.3. The summed E-state index contributed by atoms with van der Waals surface area (Å²) < 4.78 is 11.4. The molecule has 0 amide bonds. The van der Waals surface area contributed by atoms with Crippen molar-refractivity contribution in [1.29, 1.82) is 0 Å². The minimum Gasteiger partial charge on any atom is -0.494 e. The molecule has 0 saturated carbocycles. The lowest BCUT2D eigenvalue weighted by molar-refractivity contribution is 0.110. The second kappa shape index (κ2) is 8.16. The first-order valence-corrected chi connectivity index (χ1v) is 8.36. The highest BCUT2D eigenvalue weighted by Gasteiger charge is 2.13. The van der Waals surface area contributed by atoms with E-state index in [1.54, 1.807) is 0 Å². The molecule has 118 valence electrons. The molecule has 0 aromatic heterocycles. The van der Waals surface area contributed by atoms with Crippen LogP contribution in [-0.2, 0) is 4.74 Å². The van der Waals surface area contributed by atoms with E-state index in [-0.39, 0.29) is 0 Å². The molecule has 1 heterocycles. The fourth-order valence-electron chi connectivity index (χ4n) is 2.87. The molecule has 2 aromatic rings. The molecule has 0 spiro atoms. The van der Waals surface area contributed by atoms with Gasteiger partial charge in [0.2, 0.25) is 0 Å². The van der Waals surface area contributed by atoms with Gasteiger partial charge >= 0.3 is 0 Å². The molecular formula is C19H25NO2. The van der Waals surface area contributed by atoms with E-state index in [0.717, 1.165) is 44.9 Å². The Balaban J connectivity index is 1.30. The van der Waals surface area contributed by atoms with Gasteiger partial charge < -0.3 is 14.8 Å². The maximum Gasteiger partial charge on any atom is 0.119 e. The third-order valence-corrected chi connectivity index (χ3v) is 4.13. The van der Waals surface area contributed by atoms with Gasteiger partial charge in [0.05, 0.1) is 12.7 Å². The van der Waals surface area contributed by atoms with Gasteiger partial charge in [0.15, 0.2) is 0 Å². The van der Waals surface area contributed by atoms with Crippen LogP contribution in [0, 0.1) is 0 Å². The van der Waals surface area contributed by atoms with Crippen molar-refractivity contribution in [3.63, 3.8) is 0 Å². The van der Waals surface area contributed by atoms with E-state index in [4.69, 9.17) is 9.47 Å². The Morgan fingerprint density at radius 2 is 2.00 bits per heavy atom. The second-order valence-corrected chi connectivity index (χ2v) is 5.90. The number of unbranched alkanes of at least 4 members (excludes halogenated alkanes) is 1. The predicted octanol–water partition coefficient (Wildman–Crippen LogP) is 3.77. The lowest BCUT2D eigenvalue weighted by Crippen LogP contribution is -2.27. The van der Waals surface area contributed by atoms with E-state index in [1.165, 1.54) is 23.6 Å². The number of ether oxygens (including phenoxy) is 2. The zero-order valence-electron chi connectivity index (χ0n) is 13.1. The first-order chi connectivity index (χ1) is 10.9. The number of rotatable bonds is 8. The summed E-state index contributed by atoms with van der Waals surface area (Å²) in [6, 6.07) is 14.7. The Morgan fingerprint density at radius 3 is 2.86 bits per heavy atom. The molecule has 1 N–H and O–H groups in total. The Hall–Kier alpha value is -1.58. The number of nitrogens with one attached hydrogen (secondary N) is 1. The van der Waals surface area contributed by atoms with Gasteiger partial charge in [0, 0.05) is 13.2 Å². The van der Waals surface area contributed by atoms with E-state index in [0.29, 0.717) is 6.10 Å². The maximum atomic E-state index is 5.84. The number of benzene rings is 2. The van der Waals surface area contributed by atoms with Gasteiger partial charge in [0.1, 0.15) is 5.75 Å². The molecule has 1 unspecified atom stereocenters. The van der Waals surface area contributed by atoms with Gasteiger partial charge in [-0.15, -0.1) is 0 Å². The molecule has 3 heteroatoms. The van der Waals surface area contributed by atoms with Crippen LogP contribution in [0.5, 0.6) is 5.75 Å². The van der Waals surface area contributed by atoms with Crippen molar-refractivity contribution in [3.05, 3.63) is 42.5 Å². The van der Waals surface area contributed by atoms with Crippen LogP contribution in [0.1, 0.15) is 25.7 Å². The van der Waals surface area contributed by atoms with E-state index < -0.39 is 0 Å². The van der Waals surface area contributed by atoms with E-state index in [1.807, 2.05) is 0 Å². The van der Waals surface area contributed by atoms with Gasteiger partial charge in [-0.2, -0.15) is 0 Å². The summed E-state index contributed by atoms with van der Waals surface area (Å²) in [5.41, 5.74) is 0. The fraction of sp³-hybridized carbons (Fsp3) is 0.474.